The van der Waals surface area contributed by atoms with Crippen LogP contribution in [0.5, 0.6) is 0 Å². The molecule has 4 N–H and O–H groups in total. The number of rotatable bonds is 2. The fraction of sp³-hybridized carbons (Fsp3) is 0.0833. The first kappa shape index (κ1) is 12.8. The molecule has 0 fully saturated rings. The minimum Gasteiger partial charge on any atom is -0.369 e. The van der Waals surface area contributed by atoms with Gasteiger partial charge >= 0.3 is 0 Å². The molecule has 0 radical (unpaired) electrons. The van der Waals surface area contributed by atoms with Crippen molar-refractivity contribution in [2.45, 2.75) is 6.42 Å². The molecule has 8 heteroatoms. The second-order valence-corrected chi connectivity index (χ2v) is 5.11. The average molecular weight is 338 g/mol. The summed E-state index contributed by atoms with van der Waals surface area (Å²) in [5.74, 6) is 0.247. The van der Waals surface area contributed by atoms with Crippen LogP contribution in [-0.4, -0.2) is 19.9 Å². The molecule has 20 heavy (non-hydrogen) atoms. The van der Waals surface area contributed by atoms with Crippen LogP contribution in [0.15, 0.2) is 27.5 Å². The zero-order valence-corrected chi connectivity index (χ0v) is 11.7. The molecule has 0 bridgehead atoms. The number of nitrogen functional groups attached to an aromatic ring is 1. The number of H-pyrrole nitrogens is 2. The van der Waals surface area contributed by atoms with E-state index in [9.17, 15) is 9.18 Å². The molecule has 0 saturated carbocycles. The van der Waals surface area contributed by atoms with E-state index in [1.165, 1.54) is 6.07 Å². The third-order valence-electron chi connectivity index (χ3n) is 2.78. The van der Waals surface area contributed by atoms with Gasteiger partial charge in [0.15, 0.2) is 11.2 Å². The first-order valence-electron chi connectivity index (χ1n) is 5.71. The molecule has 0 saturated heterocycles. The Labute approximate surface area is 120 Å². The monoisotopic (exact) mass is 337 g/mol. The summed E-state index contributed by atoms with van der Waals surface area (Å²) in [5, 5.41) is 0. The number of hydrogen-bond acceptors (Lipinski definition) is 4. The van der Waals surface area contributed by atoms with Gasteiger partial charge in [0.1, 0.15) is 11.6 Å². The summed E-state index contributed by atoms with van der Waals surface area (Å²) in [7, 11) is 0. The van der Waals surface area contributed by atoms with E-state index >= 15 is 0 Å². The Balaban J connectivity index is 2.00. The van der Waals surface area contributed by atoms with Crippen molar-refractivity contribution in [1.82, 2.24) is 19.9 Å². The Morgan fingerprint density at radius 1 is 1.30 bits per heavy atom. The van der Waals surface area contributed by atoms with Crippen LogP contribution >= 0.6 is 15.9 Å². The maximum atomic E-state index is 13.2. The molecule has 0 amide bonds. The number of fused-ring (bicyclic) bond motifs is 1. The second-order valence-electron chi connectivity index (χ2n) is 4.26. The maximum absolute atomic E-state index is 13.2. The number of benzene rings is 1. The number of anilines is 1. The van der Waals surface area contributed by atoms with Crippen LogP contribution in [0, 0.1) is 5.82 Å². The number of hydrogen-bond donors (Lipinski definition) is 3. The lowest BCUT2D eigenvalue weighted by atomic mass is 10.1. The molecule has 102 valence electrons. The Hall–Kier alpha value is -2.22. The van der Waals surface area contributed by atoms with Crippen LogP contribution in [-0.2, 0) is 6.42 Å². The molecule has 0 unspecified atom stereocenters. The van der Waals surface area contributed by atoms with Gasteiger partial charge in [-0.25, -0.2) is 9.37 Å². The van der Waals surface area contributed by atoms with E-state index in [0.717, 1.165) is 5.56 Å². The van der Waals surface area contributed by atoms with Gasteiger partial charge in [0.2, 0.25) is 5.95 Å². The minimum atomic E-state index is -0.369. The van der Waals surface area contributed by atoms with Gasteiger partial charge in [0.25, 0.3) is 5.56 Å². The fourth-order valence-corrected chi connectivity index (χ4v) is 2.32. The number of imidazole rings is 1. The van der Waals surface area contributed by atoms with Gasteiger partial charge in [-0.3, -0.25) is 9.78 Å². The van der Waals surface area contributed by atoms with E-state index in [4.69, 9.17) is 5.73 Å². The highest BCUT2D eigenvalue weighted by Gasteiger charge is 2.10. The van der Waals surface area contributed by atoms with Crippen LogP contribution in [0.4, 0.5) is 10.3 Å². The third-order valence-corrected chi connectivity index (χ3v) is 3.39. The normalized spacial score (nSPS) is 11.1. The lowest BCUT2D eigenvalue weighted by Gasteiger charge is -2.00. The van der Waals surface area contributed by atoms with E-state index in [1.807, 2.05) is 0 Å². The van der Waals surface area contributed by atoms with Crippen LogP contribution in [0.25, 0.3) is 11.2 Å². The summed E-state index contributed by atoms with van der Waals surface area (Å²) in [6, 6.07) is 4.68. The molecule has 2 aromatic heterocycles. The van der Waals surface area contributed by atoms with Crippen molar-refractivity contribution in [1.29, 1.82) is 0 Å². The lowest BCUT2D eigenvalue weighted by molar-refractivity contribution is 0.620. The highest BCUT2D eigenvalue weighted by Crippen LogP contribution is 2.18. The van der Waals surface area contributed by atoms with Crippen LogP contribution in [0.1, 0.15) is 11.4 Å². The largest absolute Gasteiger partial charge is 0.369 e. The van der Waals surface area contributed by atoms with Gasteiger partial charge in [0.05, 0.1) is 4.47 Å². The van der Waals surface area contributed by atoms with E-state index in [1.54, 1.807) is 12.1 Å². The van der Waals surface area contributed by atoms with Gasteiger partial charge in [-0.1, -0.05) is 6.07 Å². The number of aromatic nitrogens is 4. The number of nitrogens with one attached hydrogen (secondary N) is 2. The molecule has 1 aromatic carbocycles. The average Bonchev–Trinajstić information content (AvgIpc) is 2.76. The number of nitrogens with zero attached hydrogens (tertiary/aromatic N) is 2. The summed E-state index contributed by atoms with van der Waals surface area (Å²) in [6.45, 7) is 0. The molecule has 0 atom stereocenters. The highest BCUT2D eigenvalue weighted by molar-refractivity contribution is 9.10. The number of halogens is 2. The standard InChI is InChI=1S/C12H9BrFN5O/c13-6-3-5(1-2-7(6)14)4-8-16-9-10(17-8)18-12(15)19-11(9)20/h1-3H,4H2,(H4,15,16,17,18,19,20). The summed E-state index contributed by atoms with van der Waals surface area (Å²) in [5.41, 5.74) is 6.47. The highest BCUT2D eigenvalue weighted by atomic mass is 79.9. The van der Waals surface area contributed by atoms with E-state index < -0.39 is 0 Å². The molecular formula is C12H9BrFN5O. The van der Waals surface area contributed by atoms with Gasteiger partial charge in [-0.2, -0.15) is 4.98 Å². The molecule has 0 spiro atoms. The quantitative estimate of drug-likeness (QED) is 0.662. The van der Waals surface area contributed by atoms with Crippen molar-refractivity contribution in [2.24, 2.45) is 0 Å². The Morgan fingerprint density at radius 2 is 2.10 bits per heavy atom. The van der Waals surface area contributed by atoms with E-state index in [2.05, 4.69) is 35.9 Å². The Bertz CT molecular complexity index is 857. The predicted molar refractivity (Wildman–Crippen MR) is 75.8 cm³/mol. The first-order valence-corrected chi connectivity index (χ1v) is 6.50. The molecule has 6 nitrogen and oxygen atoms in total. The SMILES string of the molecule is Nc1nc2nc(Cc3ccc(F)c(Br)c3)[nH]c2c(=O)[nH]1. The number of aromatic amines is 2. The number of nitrogens with two attached hydrogens (primary N) is 1. The van der Waals surface area contributed by atoms with Gasteiger partial charge in [-0.15, -0.1) is 0 Å². The Kier molecular flexibility index (Phi) is 3.01. The van der Waals surface area contributed by atoms with Gasteiger partial charge < -0.3 is 10.7 Å². The zero-order valence-electron chi connectivity index (χ0n) is 10.1. The van der Waals surface area contributed by atoms with Crippen molar-refractivity contribution in [2.75, 3.05) is 5.73 Å². The molecule has 3 rings (SSSR count). The smallest absolute Gasteiger partial charge is 0.278 e. The maximum Gasteiger partial charge on any atom is 0.278 e. The van der Waals surface area contributed by atoms with Crippen molar-refractivity contribution in [3.63, 3.8) is 0 Å². The van der Waals surface area contributed by atoms with Crippen molar-refractivity contribution in [3.8, 4) is 0 Å². The minimum absolute atomic E-state index is 0.0186. The van der Waals surface area contributed by atoms with E-state index in [0.29, 0.717) is 16.7 Å². The van der Waals surface area contributed by atoms with Crippen LogP contribution in [0.2, 0.25) is 0 Å². The summed E-state index contributed by atoms with van der Waals surface area (Å²) in [4.78, 5) is 25.1. The second kappa shape index (κ2) is 4.71. The van der Waals surface area contributed by atoms with Crippen LogP contribution in [0.3, 0.4) is 0 Å². The molecule has 2 heterocycles. The molecule has 0 aliphatic carbocycles. The topological polar surface area (TPSA) is 100 Å². The zero-order chi connectivity index (χ0) is 14.3. The summed E-state index contributed by atoms with van der Waals surface area (Å²) >= 11 is 3.13. The van der Waals surface area contributed by atoms with Gasteiger partial charge in [-0.05, 0) is 33.6 Å². The summed E-state index contributed by atoms with van der Waals surface area (Å²) < 4.78 is 13.5. The fourth-order valence-electron chi connectivity index (χ4n) is 1.90. The molecular weight excluding hydrogens is 329 g/mol. The first-order chi connectivity index (χ1) is 9.52. The molecule has 0 aliphatic rings. The van der Waals surface area contributed by atoms with Crippen molar-refractivity contribution in [3.05, 3.63) is 50.2 Å². The van der Waals surface area contributed by atoms with E-state index in [-0.39, 0.29) is 28.5 Å². The third kappa shape index (κ3) is 2.29. The summed E-state index contributed by atoms with van der Waals surface area (Å²) in [6.07, 6.45) is 0.425. The van der Waals surface area contributed by atoms with Crippen LogP contribution < -0.4 is 11.3 Å². The Morgan fingerprint density at radius 3 is 2.85 bits per heavy atom. The van der Waals surface area contributed by atoms with Crippen molar-refractivity contribution < 1.29 is 4.39 Å². The van der Waals surface area contributed by atoms with Gasteiger partial charge in [0, 0.05) is 6.42 Å². The van der Waals surface area contributed by atoms with Crippen molar-refractivity contribution >= 4 is 33.0 Å². The molecule has 0 aliphatic heterocycles. The molecule has 3 aromatic rings. The lowest BCUT2D eigenvalue weighted by Crippen LogP contribution is -2.10. The predicted octanol–water partition coefficient (Wildman–Crippen LogP) is 1.72.